The van der Waals surface area contributed by atoms with Crippen LogP contribution in [0.5, 0.6) is 5.75 Å². The van der Waals surface area contributed by atoms with Gasteiger partial charge in [0.15, 0.2) is 5.78 Å². The molecule has 0 aliphatic carbocycles. The number of aromatic nitrogens is 1. The van der Waals surface area contributed by atoms with Gasteiger partial charge in [-0.1, -0.05) is 62.0 Å². The lowest BCUT2D eigenvalue weighted by molar-refractivity contribution is -0.132. The highest BCUT2D eigenvalue weighted by Crippen LogP contribution is 2.39. The monoisotopic (exact) mass is 589 g/mol. The number of carbonyl (C=O) groups excluding carboxylic acids is 1. The summed E-state index contributed by atoms with van der Waals surface area (Å²) in [5.74, 6) is -0.548. The number of carbonyl (C=O) groups is 2. The Labute approximate surface area is 243 Å². The summed E-state index contributed by atoms with van der Waals surface area (Å²) in [6.07, 6.45) is 5.49. The van der Waals surface area contributed by atoms with Gasteiger partial charge in [0, 0.05) is 39.8 Å². The third-order valence-corrected chi connectivity index (χ3v) is 7.75. The van der Waals surface area contributed by atoms with E-state index in [2.05, 4.69) is 13.8 Å². The van der Waals surface area contributed by atoms with Crippen molar-refractivity contribution in [3.63, 3.8) is 0 Å². The number of carboxylic acids is 1. The number of methoxy groups -OCH3 is 1. The van der Waals surface area contributed by atoms with E-state index in [-0.39, 0.29) is 33.9 Å². The van der Waals surface area contributed by atoms with Crippen LogP contribution in [0.3, 0.4) is 0 Å². The van der Waals surface area contributed by atoms with E-state index >= 15 is 0 Å². The molecule has 0 spiro atoms. The minimum Gasteiger partial charge on any atom is -0.496 e. The van der Waals surface area contributed by atoms with E-state index in [4.69, 9.17) is 42.8 Å². The van der Waals surface area contributed by atoms with Gasteiger partial charge >= 0.3 is 5.97 Å². The zero-order valence-electron chi connectivity index (χ0n) is 22.6. The van der Waals surface area contributed by atoms with Crippen molar-refractivity contribution in [1.82, 2.24) is 4.98 Å². The summed E-state index contributed by atoms with van der Waals surface area (Å²) in [5, 5.41) is 12.1. The van der Waals surface area contributed by atoms with Gasteiger partial charge in [-0.3, -0.25) is 4.79 Å². The average molecular weight is 591 g/mol. The Balaban J connectivity index is 1.82. The number of rotatable bonds is 14. The zero-order valence-corrected chi connectivity index (χ0v) is 24.9. The van der Waals surface area contributed by atoms with Gasteiger partial charge in [0.05, 0.1) is 35.4 Å². The fourth-order valence-corrected chi connectivity index (χ4v) is 5.55. The lowest BCUT2D eigenvalue weighted by Crippen LogP contribution is -2.07. The molecule has 9 heteroatoms. The van der Waals surface area contributed by atoms with Gasteiger partial charge < -0.3 is 14.6 Å². The second-order valence-corrected chi connectivity index (χ2v) is 10.9. The molecule has 1 aromatic heterocycles. The average Bonchev–Trinajstić information content (AvgIpc) is 3.38. The van der Waals surface area contributed by atoms with Crippen molar-refractivity contribution in [1.29, 1.82) is 0 Å². The lowest BCUT2D eigenvalue weighted by Gasteiger charge is -2.21. The van der Waals surface area contributed by atoms with E-state index in [1.54, 1.807) is 7.11 Å². The Hall–Kier alpha value is -2.71. The number of benzene rings is 2. The highest BCUT2D eigenvalue weighted by molar-refractivity contribution is 7.10. The molecule has 0 saturated heterocycles. The van der Waals surface area contributed by atoms with Gasteiger partial charge in [0.25, 0.3) is 0 Å². The van der Waals surface area contributed by atoms with E-state index in [0.29, 0.717) is 22.7 Å². The van der Waals surface area contributed by atoms with Crippen LogP contribution in [-0.4, -0.2) is 35.6 Å². The number of ether oxygens (including phenoxy) is 2. The number of halogens is 2. The number of hydrogen-bond acceptors (Lipinski definition) is 6. The molecule has 1 N–H and O–H groups in total. The Kier molecular flexibility index (Phi) is 11.5. The number of carboxylic acid groups (broad SMARTS) is 1. The molecule has 0 aliphatic heterocycles. The molecule has 0 bridgehead atoms. The molecule has 1 atom stereocenters. The largest absolute Gasteiger partial charge is 0.496 e. The number of ketones is 1. The van der Waals surface area contributed by atoms with Crippen molar-refractivity contribution in [2.75, 3.05) is 13.7 Å². The van der Waals surface area contributed by atoms with Crippen LogP contribution in [0.1, 0.15) is 79.1 Å². The Morgan fingerprint density at radius 3 is 2.49 bits per heavy atom. The fraction of sp³-hybridized carbons (Fsp3) is 0.367. The summed E-state index contributed by atoms with van der Waals surface area (Å²) < 4.78 is 12.0. The minimum atomic E-state index is -1.08. The van der Waals surface area contributed by atoms with E-state index in [1.165, 1.54) is 36.5 Å². The van der Waals surface area contributed by atoms with E-state index < -0.39 is 5.97 Å². The predicted octanol–water partition coefficient (Wildman–Crippen LogP) is 8.70. The molecule has 39 heavy (non-hydrogen) atoms. The highest BCUT2D eigenvalue weighted by Gasteiger charge is 2.21. The minimum absolute atomic E-state index is 0.0702. The topological polar surface area (TPSA) is 85.7 Å². The molecule has 1 unspecified atom stereocenters. The van der Waals surface area contributed by atoms with Gasteiger partial charge in [-0.05, 0) is 44.0 Å². The van der Waals surface area contributed by atoms with Crippen molar-refractivity contribution in [3.8, 4) is 17.0 Å². The molecule has 2 aromatic carbocycles. The van der Waals surface area contributed by atoms with Crippen LogP contribution in [0.25, 0.3) is 17.3 Å². The van der Waals surface area contributed by atoms with Crippen LogP contribution in [-0.2, 0) is 16.0 Å². The number of thiazole rings is 1. The van der Waals surface area contributed by atoms with Crippen LogP contribution >= 0.6 is 34.5 Å². The van der Waals surface area contributed by atoms with Crippen LogP contribution in [0.4, 0.5) is 0 Å². The summed E-state index contributed by atoms with van der Waals surface area (Å²) in [6.45, 7) is 6.41. The molecule has 0 amide bonds. The van der Waals surface area contributed by atoms with Crippen LogP contribution in [0.2, 0.25) is 10.0 Å². The second kappa shape index (κ2) is 14.6. The number of para-hydroxylation sites is 1. The van der Waals surface area contributed by atoms with Crippen LogP contribution in [0.15, 0.2) is 41.3 Å². The number of nitrogens with zero attached hydrogens (tertiary/aromatic N) is 1. The van der Waals surface area contributed by atoms with Crippen molar-refractivity contribution in [2.45, 2.75) is 59.0 Å². The molecule has 3 aromatic rings. The molecule has 0 radical (unpaired) electrons. The first kappa shape index (κ1) is 30.8. The van der Waals surface area contributed by atoms with Crippen molar-refractivity contribution in [3.05, 3.63) is 73.0 Å². The fourth-order valence-electron chi connectivity index (χ4n) is 4.16. The SMILES string of the molecule is CCCCCOC(CC)c1cccc(-c2csc(CC(=O)c3cc(Cl)c(/C=C(\C)C(=O)O)c(Cl)c3)n2)c1OC. The summed E-state index contributed by atoms with van der Waals surface area (Å²) >= 11 is 14.1. The summed E-state index contributed by atoms with van der Waals surface area (Å²) in [6, 6.07) is 8.96. The molecule has 0 aliphatic rings. The van der Waals surface area contributed by atoms with Crippen LogP contribution in [0, 0.1) is 0 Å². The van der Waals surface area contributed by atoms with Crippen molar-refractivity contribution in [2.24, 2.45) is 0 Å². The van der Waals surface area contributed by atoms with E-state index in [9.17, 15) is 9.59 Å². The first-order valence-electron chi connectivity index (χ1n) is 12.9. The third-order valence-electron chi connectivity index (χ3n) is 6.27. The second-order valence-electron chi connectivity index (χ2n) is 9.12. The molecule has 208 valence electrons. The van der Waals surface area contributed by atoms with Gasteiger partial charge in [-0.25, -0.2) is 9.78 Å². The van der Waals surface area contributed by atoms with Gasteiger partial charge in [-0.2, -0.15) is 0 Å². The predicted molar refractivity (Wildman–Crippen MR) is 158 cm³/mol. The molecule has 3 rings (SSSR count). The normalized spacial score (nSPS) is 12.4. The zero-order chi connectivity index (χ0) is 28.5. The molecule has 0 fully saturated rings. The molecular weight excluding hydrogens is 557 g/mol. The number of Topliss-reactive ketones (excluding diaryl/α,β-unsaturated/α-hetero) is 1. The summed E-state index contributed by atoms with van der Waals surface area (Å²) in [5.41, 5.74) is 3.33. The highest BCUT2D eigenvalue weighted by atomic mass is 35.5. The molecule has 1 heterocycles. The smallest absolute Gasteiger partial charge is 0.331 e. The standard InChI is InChI=1S/C30H33Cl2NO5S/c1-5-7-8-12-38-27(6-2)21-11-9-10-20(29(21)37-4)25-17-39-28(33-25)16-26(34)19-14-23(31)22(24(32)15-19)13-18(3)30(35)36/h9-11,13-15,17,27H,5-8,12,16H2,1-4H3,(H,35,36)/b18-13+. The van der Waals surface area contributed by atoms with E-state index in [0.717, 1.165) is 48.3 Å². The lowest BCUT2D eigenvalue weighted by atomic mass is 10.0. The Morgan fingerprint density at radius 1 is 1.15 bits per heavy atom. The van der Waals surface area contributed by atoms with Gasteiger partial charge in [-0.15, -0.1) is 11.3 Å². The maximum absolute atomic E-state index is 13.1. The Morgan fingerprint density at radius 2 is 1.87 bits per heavy atom. The van der Waals surface area contributed by atoms with Crippen LogP contribution < -0.4 is 4.74 Å². The van der Waals surface area contributed by atoms with Crippen molar-refractivity contribution < 1.29 is 24.2 Å². The van der Waals surface area contributed by atoms with Crippen molar-refractivity contribution >= 4 is 52.4 Å². The van der Waals surface area contributed by atoms with Gasteiger partial charge in [0.1, 0.15) is 10.8 Å². The molecule has 0 saturated carbocycles. The third kappa shape index (κ3) is 7.92. The number of unbranched alkanes of at least 4 members (excludes halogenated alkanes) is 2. The molecule has 6 nitrogen and oxygen atoms in total. The first-order chi connectivity index (χ1) is 18.7. The quantitative estimate of drug-likeness (QED) is 0.115. The number of hydrogen-bond donors (Lipinski definition) is 1. The van der Waals surface area contributed by atoms with Gasteiger partial charge in [0.2, 0.25) is 0 Å². The maximum atomic E-state index is 13.1. The maximum Gasteiger partial charge on any atom is 0.331 e. The molecular formula is C30H33Cl2NO5S. The summed E-state index contributed by atoms with van der Waals surface area (Å²) in [7, 11) is 1.65. The number of aliphatic carboxylic acids is 1. The first-order valence-corrected chi connectivity index (χ1v) is 14.5. The summed E-state index contributed by atoms with van der Waals surface area (Å²) in [4.78, 5) is 28.9. The Bertz CT molecular complexity index is 1330. The van der Waals surface area contributed by atoms with E-state index in [1.807, 2.05) is 23.6 Å².